The fourth-order valence-electron chi connectivity index (χ4n) is 1.58. The second-order valence-electron chi connectivity index (χ2n) is 3.38. The van der Waals surface area contributed by atoms with Gasteiger partial charge >= 0.3 is 5.63 Å². The minimum atomic E-state index is -0.448. The lowest BCUT2D eigenvalue weighted by Gasteiger charge is -2.06. The third-order valence-electron chi connectivity index (χ3n) is 2.44. The summed E-state index contributed by atoms with van der Waals surface area (Å²) in [6, 6.07) is 4.64. The molecule has 0 aliphatic heterocycles. The van der Waals surface area contributed by atoms with E-state index in [2.05, 4.69) is 0 Å². The monoisotopic (exact) mass is 205 g/mol. The average molecular weight is 205 g/mol. The fourth-order valence-corrected chi connectivity index (χ4v) is 1.58. The van der Waals surface area contributed by atoms with Crippen LogP contribution in [0.5, 0.6) is 5.75 Å². The third-order valence-corrected chi connectivity index (χ3v) is 2.44. The lowest BCUT2D eigenvalue weighted by Crippen LogP contribution is -2.05. The zero-order valence-corrected chi connectivity index (χ0v) is 8.28. The van der Waals surface area contributed by atoms with Gasteiger partial charge in [0, 0.05) is 23.6 Å². The second-order valence-corrected chi connectivity index (χ2v) is 3.38. The number of fused-ring (bicyclic) bond motifs is 1. The number of aromatic hydroxyl groups is 1. The Balaban J connectivity index is 2.96. The van der Waals surface area contributed by atoms with Crippen molar-refractivity contribution < 1.29 is 9.52 Å². The van der Waals surface area contributed by atoms with E-state index in [1.807, 2.05) is 0 Å². The molecule has 2 aromatic rings. The van der Waals surface area contributed by atoms with Crippen LogP contribution in [0.15, 0.2) is 27.4 Å². The fraction of sp³-hybridized carbons (Fsp3) is 0.182. The van der Waals surface area contributed by atoms with Gasteiger partial charge in [0.05, 0.1) is 0 Å². The smallest absolute Gasteiger partial charge is 0.336 e. The lowest BCUT2D eigenvalue weighted by atomic mass is 10.1. The maximum absolute atomic E-state index is 11.2. The molecule has 0 aliphatic rings. The lowest BCUT2D eigenvalue weighted by molar-refractivity contribution is 0.468. The van der Waals surface area contributed by atoms with E-state index in [1.54, 1.807) is 19.1 Å². The van der Waals surface area contributed by atoms with Crippen molar-refractivity contribution in [2.45, 2.75) is 13.5 Å². The maximum Gasteiger partial charge on any atom is 0.336 e. The molecule has 0 unspecified atom stereocenters. The van der Waals surface area contributed by atoms with E-state index in [9.17, 15) is 9.90 Å². The van der Waals surface area contributed by atoms with Crippen LogP contribution in [0.25, 0.3) is 11.0 Å². The first-order chi connectivity index (χ1) is 7.13. The molecule has 0 saturated carbocycles. The molecule has 0 saturated heterocycles. The van der Waals surface area contributed by atoms with Crippen LogP contribution in [0.1, 0.15) is 11.1 Å². The van der Waals surface area contributed by atoms with Crippen molar-refractivity contribution in [3.63, 3.8) is 0 Å². The molecule has 0 spiro atoms. The van der Waals surface area contributed by atoms with Gasteiger partial charge in [-0.15, -0.1) is 0 Å². The van der Waals surface area contributed by atoms with E-state index in [-0.39, 0.29) is 12.3 Å². The van der Waals surface area contributed by atoms with Gasteiger partial charge in [-0.1, -0.05) is 0 Å². The van der Waals surface area contributed by atoms with Crippen LogP contribution in [0, 0.1) is 6.92 Å². The molecule has 78 valence electrons. The number of hydrogen-bond donors (Lipinski definition) is 2. The molecule has 4 heteroatoms. The van der Waals surface area contributed by atoms with Crippen molar-refractivity contribution in [3.05, 3.63) is 39.7 Å². The van der Waals surface area contributed by atoms with E-state index in [0.717, 1.165) is 10.9 Å². The Kier molecular flexibility index (Phi) is 2.21. The largest absolute Gasteiger partial charge is 0.508 e. The summed E-state index contributed by atoms with van der Waals surface area (Å²) in [5.41, 5.74) is 6.77. The first kappa shape index (κ1) is 9.73. The van der Waals surface area contributed by atoms with Crippen molar-refractivity contribution in [1.29, 1.82) is 0 Å². The van der Waals surface area contributed by atoms with Gasteiger partial charge in [0.25, 0.3) is 0 Å². The molecule has 0 fully saturated rings. The third kappa shape index (κ3) is 1.49. The quantitative estimate of drug-likeness (QED) is 0.687. The zero-order valence-electron chi connectivity index (χ0n) is 8.28. The minimum absolute atomic E-state index is 0.111. The Morgan fingerprint density at radius 3 is 2.87 bits per heavy atom. The van der Waals surface area contributed by atoms with Crippen LogP contribution in [0.4, 0.5) is 0 Å². The summed E-state index contributed by atoms with van der Waals surface area (Å²) < 4.78 is 5.04. The van der Waals surface area contributed by atoms with Gasteiger partial charge in [-0.25, -0.2) is 4.79 Å². The van der Waals surface area contributed by atoms with Crippen LogP contribution < -0.4 is 11.4 Å². The maximum atomic E-state index is 11.2. The van der Waals surface area contributed by atoms with Gasteiger partial charge in [-0.3, -0.25) is 0 Å². The zero-order chi connectivity index (χ0) is 11.0. The Hall–Kier alpha value is -1.81. The van der Waals surface area contributed by atoms with E-state index >= 15 is 0 Å². The molecule has 0 aliphatic carbocycles. The topological polar surface area (TPSA) is 76.5 Å². The van der Waals surface area contributed by atoms with E-state index in [0.29, 0.717) is 11.1 Å². The van der Waals surface area contributed by atoms with Crippen LogP contribution >= 0.6 is 0 Å². The summed E-state index contributed by atoms with van der Waals surface area (Å²) in [6.07, 6.45) is 0. The molecule has 1 aromatic carbocycles. The van der Waals surface area contributed by atoms with Gasteiger partial charge in [-0.05, 0) is 24.6 Å². The highest BCUT2D eigenvalue weighted by atomic mass is 16.4. The van der Waals surface area contributed by atoms with Gasteiger partial charge < -0.3 is 15.3 Å². The van der Waals surface area contributed by atoms with Gasteiger partial charge in [0.15, 0.2) is 0 Å². The van der Waals surface area contributed by atoms with E-state index in [1.165, 1.54) is 6.07 Å². The first-order valence-corrected chi connectivity index (χ1v) is 4.59. The van der Waals surface area contributed by atoms with Crippen LogP contribution in [0.3, 0.4) is 0 Å². The van der Waals surface area contributed by atoms with Crippen LogP contribution in [-0.2, 0) is 6.54 Å². The van der Waals surface area contributed by atoms with Crippen LogP contribution in [-0.4, -0.2) is 5.11 Å². The van der Waals surface area contributed by atoms with E-state index < -0.39 is 5.63 Å². The molecule has 15 heavy (non-hydrogen) atoms. The number of aryl methyl sites for hydroxylation is 1. The highest BCUT2D eigenvalue weighted by Gasteiger charge is 2.09. The number of rotatable bonds is 1. The van der Waals surface area contributed by atoms with Crippen molar-refractivity contribution in [2.24, 2.45) is 5.73 Å². The standard InChI is InChI=1S/C11H11NO3/c1-6-9(13)3-2-8-7(5-12)4-10(14)15-11(6)8/h2-4,13H,5,12H2,1H3. The van der Waals surface area contributed by atoms with Crippen molar-refractivity contribution in [1.82, 2.24) is 0 Å². The number of phenolic OH excluding ortho intramolecular Hbond substituents is 1. The van der Waals surface area contributed by atoms with Crippen molar-refractivity contribution in [2.75, 3.05) is 0 Å². The van der Waals surface area contributed by atoms with Crippen molar-refractivity contribution in [3.8, 4) is 5.75 Å². The molecule has 0 amide bonds. The number of hydrogen-bond acceptors (Lipinski definition) is 4. The Bertz CT molecular complexity index is 572. The second kappa shape index (κ2) is 3.40. The van der Waals surface area contributed by atoms with Gasteiger partial charge in [-0.2, -0.15) is 0 Å². The number of benzene rings is 1. The highest BCUT2D eigenvalue weighted by Crippen LogP contribution is 2.26. The summed E-state index contributed by atoms with van der Waals surface area (Å²) >= 11 is 0. The van der Waals surface area contributed by atoms with Crippen molar-refractivity contribution >= 4 is 11.0 Å². The minimum Gasteiger partial charge on any atom is -0.508 e. The molecule has 0 radical (unpaired) electrons. The molecule has 3 N–H and O–H groups in total. The molecule has 4 nitrogen and oxygen atoms in total. The molecule has 0 atom stereocenters. The van der Waals surface area contributed by atoms with Gasteiger partial charge in [0.1, 0.15) is 11.3 Å². The van der Waals surface area contributed by atoms with E-state index in [4.69, 9.17) is 10.2 Å². The Morgan fingerprint density at radius 2 is 2.20 bits per heavy atom. The molecule has 1 heterocycles. The summed E-state index contributed by atoms with van der Waals surface area (Å²) in [6.45, 7) is 1.97. The predicted octanol–water partition coefficient (Wildman–Crippen LogP) is 1.27. The normalized spacial score (nSPS) is 10.8. The Morgan fingerprint density at radius 1 is 1.47 bits per heavy atom. The Labute approximate surface area is 85.9 Å². The molecule has 0 bridgehead atoms. The SMILES string of the molecule is Cc1c(O)ccc2c(CN)cc(=O)oc12. The molecular weight excluding hydrogens is 194 g/mol. The number of phenols is 1. The predicted molar refractivity (Wildman–Crippen MR) is 56.8 cm³/mol. The average Bonchev–Trinajstić information content (AvgIpc) is 2.23. The molecule has 1 aromatic heterocycles. The summed E-state index contributed by atoms with van der Waals surface area (Å²) in [5.74, 6) is 0.111. The highest BCUT2D eigenvalue weighted by molar-refractivity contribution is 5.84. The summed E-state index contributed by atoms with van der Waals surface area (Å²) in [4.78, 5) is 11.2. The summed E-state index contributed by atoms with van der Waals surface area (Å²) in [5, 5.41) is 10.2. The first-order valence-electron chi connectivity index (χ1n) is 4.59. The number of nitrogens with two attached hydrogens (primary N) is 1. The molecular formula is C11H11NO3. The van der Waals surface area contributed by atoms with Gasteiger partial charge in [0.2, 0.25) is 0 Å². The van der Waals surface area contributed by atoms with Crippen LogP contribution in [0.2, 0.25) is 0 Å². The molecule has 2 rings (SSSR count). The summed E-state index contributed by atoms with van der Waals surface area (Å²) in [7, 11) is 0.